The van der Waals surface area contributed by atoms with Crippen molar-refractivity contribution < 1.29 is 4.21 Å². The van der Waals surface area contributed by atoms with E-state index >= 15 is 0 Å². The number of hydrogen-bond donors (Lipinski definition) is 0. The summed E-state index contributed by atoms with van der Waals surface area (Å²) in [4.78, 5) is 1.05. The Morgan fingerprint density at radius 1 is 1.29 bits per heavy atom. The molecule has 0 saturated heterocycles. The predicted molar refractivity (Wildman–Crippen MR) is 77.3 cm³/mol. The molecule has 4 heteroatoms. The van der Waals surface area contributed by atoms with Crippen LogP contribution in [0.2, 0.25) is 0 Å². The molecule has 0 aliphatic heterocycles. The molecule has 1 aromatic carbocycles. The number of thiophene rings is 1. The molecule has 0 bridgehead atoms. The van der Waals surface area contributed by atoms with E-state index in [0.717, 1.165) is 4.88 Å². The minimum absolute atomic E-state index is 0.298. The fourth-order valence-corrected chi connectivity index (χ4v) is 2.85. The van der Waals surface area contributed by atoms with Gasteiger partial charge in [0, 0.05) is 9.58 Å². The molecule has 2 rings (SSSR count). The minimum Gasteiger partial charge on any atom is -0.234 e. The van der Waals surface area contributed by atoms with E-state index in [4.69, 9.17) is 0 Å². The molecule has 0 spiro atoms. The lowest BCUT2D eigenvalue weighted by molar-refractivity contribution is 0.651. The molecule has 0 unspecified atom stereocenters. The van der Waals surface area contributed by atoms with Gasteiger partial charge in [0.2, 0.25) is 0 Å². The van der Waals surface area contributed by atoms with E-state index in [1.165, 1.54) is 10.1 Å². The predicted octanol–water partition coefficient (Wildman–Crippen LogP) is 3.78. The van der Waals surface area contributed by atoms with E-state index in [0.29, 0.717) is 0 Å². The van der Waals surface area contributed by atoms with Crippen molar-refractivity contribution in [3.05, 3.63) is 35.2 Å². The molecule has 1 heterocycles. The Labute approximate surface area is 108 Å². The topological polar surface area (TPSA) is 29.4 Å². The summed E-state index contributed by atoms with van der Waals surface area (Å²) >= 11 is 1.67. The van der Waals surface area contributed by atoms with Crippen LogP contribution in [-0.4, -0.2) is 15.2 Å². The van der Waals surface area contributed by atoms with Gasteiger partial charge in [-0.1, -0.05) is 18.2 Å². The van der Waals surface area contributed by atoms with Crippen molar-refractivity contribution in [2.45, 2.75) is 25.5 Å². The fourth-order valence-electron chi connectivity index (χ4n) is 1.32. The van der Waals surface area contributed by atoms with Crippen LogP contribution >= 0.6 is 11.3 Å². The van der Waals surface area contributed by atoms with Gasteiger partial charge in [0.05, 0.1) is 11.0 Å². The van der Waals surface area contributed by atoms with Crippen LogP contribution in [0, 0.1) is 0 Å². The molecule has 2 aromatic rings. The van der Waals surface area contributed by atoms with Gasteiger partial charge in [0.15, 0.2) is 0 Å². The second-order valence-electron chi connectivity index (χ2n) is 4.78. The van der Waals surface area contributed by atoms with Crippen LogP contribution in [0.15, 0.2) is 34.7 Å². The van der Waals surface area contributed by atoms with Crippen molar-refractivity contribution in [1.29, 1.82) is 0 Å². The second-order valence-corrected chi connectivity index (χ2v) is 7.83. The Kier molecular flexibility index (Phi) is 3.45. The molecular weight excluding hydrogens is 250 g/mol. The molecule has 90 valence electrons. The van der Waals surface area contributed by atoms with Gasteiger partial charge < -0.3 is 0 Å². The molecule has 0 fully saturated rings. The van der Waals surface area contributed by atoms with Crippen LogP contribution in [0.5, 0.6) is 0 Å². The van der Waals surface area contributed by atoms with E-state index in [2.05, 4.69) is 22.6 Å². The van der Waals surface area contributed by atoms with Crippen LogP contribution in [0.4, 0.5) is 0 Å². The lowest BCUT2D eigenvalue weighted by Gasteiger charge is -2.12. The van der Waals surface area contributed by atoms with Crippen molar-refractivity contribution in [2.24, 2.45) is 4.40 Å². The minimum atomic E-state index is -1.18. The average Bonchev–Trinajstić information content (AvgIpc) is 2.66. The number of nitrogens with zero attached hydrogens (tertiary/aromatic N) is 1. The number of fused-ring (bicyclic) bond motifs is 1. The summed E-state index contributed by atoms with van der Waals surface area (Å²) in [5.41, 5.74) is 0. The van der Waals surface area contributed by atoms with Gasteiger partial charge in [-0.15, -0.1) is 11.3 Å². The quantitative estimate of drug-likeness (QED) is 0.760. The average molecular weight is 265 g/mol. The van der Waals surface area contributed by atoms with E-state index in [-0.39, 0.29) is 4.75 Å². The lowest BCUT2D eigenvalue weighted by Crippen LogP contribution is -2.19. The molecule has 1 aromatic heterocycles. The zero-order valence-electron chi connectivity index (χ0n) is 10.1. The molecule has 17 heavy (non-hydrogen) atoms. The summed E-state index contributed by atoms with van der Waals surface area (Å²) in [5.74, 6) is 0. The Morgan fingerprint density at radius 2 is 2.00 bits per heavy atom. The largest absolute Gasteiger partial charge is 0.234 e. The summed E-state index contributed by atoms with van der Waals surface area (Å²) in [6, 6.07) is 10.3. The first-order valence-corrected chi connectivity index (χ1v) is 7.34. The van der Waals surface area contributed by atoms with Crippen LogP contribution in [0.25, 0.3) is 10.1 Å². The van der Waals surface area contributed by atoms with Gasteiger partial charge >= 0.3 is 0 Å². The number of benzene rings is 1. The van der Waals surface area contributed by atoms with Crippen molar-refractivity contribution in [1.82, 2.24) is 0 Å². The van der Waals surface area contributed by atoms with Crippen molar-refractivity contribution in [2.75, 3.05) is 0 Å². The zero-order valence-corrected chi connectivity index (χ0v) is 11.8. The Hall–Kier alpha value is -1.00. The first-order chi connectivity index (χ1) is 7.97. The molecule has 0 aliphatic rings. The van der Waals surface area contributed by atoms with E-state index in [1.54, 1.807) is 17.6 Å². The second kappa shape index (κ2) is 4.70. The Bertz CT molecular complexity index is 545. The molecule has 0 N–H and O–H groups in total. The van der Waals surface area contributed by atoms with Gasteiger partial charge in [0.1, 0.15) is 11.0 Å². The maximum Gasteiger partial charge on any atom is 0.144 e. The third-order valence-electron chi connectivity index (χ3n) is 2.24. The fraction of sp³-hybridized carbons (Fsp3) is 0.308. The highest BCUT2D eigenvalue weighted by molar-refractivity contribution is 7.85. The van der Waals surface area contributed by atoms with Gasteiger partial charge in [-0.3, -0.25) is 0 Å². The van der Waals surface area contributed by atoms with Gasteiger partial charge in [-0.05, 0) is 38.3 Å². The van der Waals surface area contributed by atoms with Crippen LogP contribution in [0.1, 0.15) is 25.6 Å². The number of hydrogen-bond acceptors (Lipinski definition) is 2. The van der Waals surface area contributed by atoms with Gasteiger partial charge in [-0.25, -0.2) is 4.21 Å². The highest BCUT2D eigenvalue weighted by Crippen LogP contribution is 2.24. The van der Waals surface area contributed by atoms with E-state index in [1.807, 2.05) is 32.9 Å². The van der Waals surface area contributed by atoms with Gasteiger partial charge in [0.25, 0.3) is 0 Å². The standard InChI is InChI=1S/C13H15NOS2/c1-13(2,3)17(15)14-9-11-8-10-6-4-5-7-12(10)16-11/h4-9H,1-3H3/b14-9+/t17-/m1/s1. The maximum absolute atomic E-state index is 11.8. The van der Waals surface area contributed by atoms with Gasteiger partial charge in [-0.2, -0.15) is 4.40 Å². The summed E-state index contributed by atoms with van der Waals surface area (Å²) in [6.07, 6.45) is 1.71. The lowest BCUT2D eigenvalue weighted by atomic mass is 10.2. The highest BCUT2D eigenvalue weighted by atomic mass is 32.2. The van der Waals surface area contributed by atoms with Crippen LogP contribution < -0.4 is 0 Å². The maximum atomic E-state index is 11.8. The van der Waals surface area contributed by atoms with Crippen LogP contribution in [0.3, 0.4) is 0 Å². The SMILES string of the molecule is CC(C)(C)[S@@](=O)/N=C/c1cc2ccccc2s1. The Morgan fingerprint density at radius 3 is 2.65 bits per heavy atom. The molecule has 0 amide bonds. The summed E-state index contributed by atoms with van der Waals surface area (Å²) in [6.45, 7) is 5.77. The third kappa shape index (κ3) is 3.01. The Balaban J connectivity index is 2.24. The molecule has 0 radical (unpaired) electrons. The normalized spacial score (nSPS) is 14.5. The molecule has 0 aliphatic carbocycles. The van der Waals surface area contributed by atoms with Crippen LogP contribution in [-0.2, 0) is 11.0 Å². The zero-order chi connectivity index (χ0) is 12.5. The molecule has 0 saturated carbocycles. The molecule has 1 atom stereocenters. The van der Waals surface area contributed by atoms with Crippen molar-refractivity contribution in [3.8, 4) is 0 Å². The first-order valence-electron chi connectivity index (χ1n) is 5.41. The van der Waals surface area contributed by atoms with Crippen molar-refractivity contribution in [3.63, 3.8) is 0 Å². The summed E-state index contributed by atoms with van der Waals surface area (Å²) in [7, 11) is -1.18. The first kappa shape index (κ1) is 12.5. The molecular formula is C13H15NOS2. The smallest absolute Gasteiger partial charge is 0.144 e. The van der Waals surface area contributed by atoms with Crippen molar-refractivity contribution >= 4 is 38.6 Å². The highest BCUT2D eigenvalue weighted by Gasteiger charge is 2.18. The summed E-state index contributed by atoms with van der Waals surface area (Å²) in [5, 5.41) is 1.21. The molecule has 2 nitrogen and oxygen atoms in total. The monoisotopic (exact) mass is 265 g/mol. The van der Waals surface area contributed by atoms with E-state index < -0.39 is 11.0 Å². The summed E-state index contributed by atoms with van der Waals surface area (Å²) < 4.78 is 16.8. The number of rotatable bonds is 2. The van der Waals surface area contributed by atoms with E-state index in [9.17, 15) is 4.21 Å². The third-order valence-corrected chi connectivity index (χ3v) is 4.64.